The van der Waals surface area contributed by atoms with Gasteiger partial charge >= 0.3 is 5.97 Å². The van der Waals surface area contributed by atoms with E-state index in [9.17, 15) is 18.3 Å². The fourth-order valence-electron chi connectivity index (χ4n) is 4.01. The number of carbonyl (C=O) groups is 1. The average Bonchev–Trinajstić information content (AvgIpc) is 3.27. The minimum Gasteiger partial charge on any atom is -0.485 e. The molecule has 1 heterocycles. The Labute approximate surface area is 179 Å². The van der Waals surface area contributed by atoms with Gasteiger partial charge in [0.2, 0.25) is 10.0 Å². The Hall–Kier alpha value is -3.13. The van der Waals surface area contributed by atoms with Crippen molar-refractivity contribution in [2.45, 2.75) is 35.5 Å². The zero-order valence-electron chi connectivity index (χ0n) is 16.5. The molecule has 1 saturated carbocycles. The molecule has 2 aromatic rings. The Bertz CT molecular complexity index is 1140. The van der Waals surface area contributed by atoms with Gasteiger partial charge in [0.15, 0.2) is 18.1 Å². The minimum atomic E-state index is -3.95. The number of nitriles is 1. The van der Waals surface area contributed by atoms with Crippen LogP contribution < -0.4 is 14.2 Å². The topological polar surface area (TPSA) is 135 Å². The van der Waals surface area contributed by atoms with E-state index in [0.29, 0.717) is 22.6 Å². The molecule has 2 aliphatic rings. The predicted molar refractivity (Wildman–Crippen MR) is 107 cm³/mol. The first-order valence-electron chi connectivity index (χ1n) is 9.54. The van der Waals surface area contributed by atoms with E-state index in [-0.39, 0.29) is 17.9 Å². The molecule has 4 rings (SSSR count). The summed E-state index contributed by atoms with van der Waals surface area (Å²) >= 11 is 0. The quantitative estimate of drug-likeness (QED) is 0.632. The number of fused-ring (bicyclic) bond motifs is 3. The Morgan fingerprint density at radius 3 is 2.71 bits per heavy atom. The minimum absolute atomic E-state index is 0.00329. The van der Waals surface area contributed by atoms with Gasteiger partial charge < -0.3 is 19.3 Å². The molecule has 9 nitrogen and oxygen atoms in total. The second-order valence-corrected chi connectivity index (χ2v) is 9.02. The molecule has 2 N–H and O–H groups in total. The van der Waals surface area contributed by atoms with Crippen LogP contribution in [0.25, 0.3) is 0 Å². The number of benzene rings is 2. The summed E-state index contributed by atoms with van der Waals surface area (Å²) in [5.41, 5.74) is 1.04. The van der Waals surface area contributed by atoms with Crippen molar-refractivity contribution in [1.29, 1.82) is 5.26 Å². The first-order chi connectivity index (χ1) is 14.8. The number of aliphatic hydroxyl groups excluding tert-OH is 1. The molecule has 4 unspecified atom stereocenters. The number of methoxy groups -OCH3 is 1. The van der Waals surface area contributed by atoms with E-state index in [0.717, 1.165) is 0 Å². The van der Waals surface area contributed by atoms with Crippen molar-refractivity contribution in [1.82, 2.24) is 4.72 Å². The Balaban J connectivity index is 1.59. The van der Waals surface area contributed by atoms with Crippen molar-refractivity contribution in [2.24, 2.45) is 0 Å². The summed E-state index contributed by atoms with van der Waals surface area (Å²) < 4.78 is 44.4. The van der Waals surface area contributed by atoms with Crippen molar-refractivity contribution in [2.75, 3.05) is 13.7 Å². The van der Waals surface area contributed by atoms with Gasteiger partial charge in [0.25, 0.3) is 0 Å². The number of nitrogens with zero attached hydrogens (tertiary/aromatic N) is 1. The molecule has 4 atom stereocenters. The van der Waals surface area contributed by atoms with Gasteiger partial charge in [0.1, 0.15) is 6.10 Å². The second kappa shape index (κ2) is 8.19. The zero-order chi connectivity index (χ0) is 22.2. The van der Waals surface area contributed by atoms with Crippen LogP contribution in [-0.4, -0.2) is 51.5 Å². The van der Waals surface area contributed by atoms with Gasteiger partial charge in [-0.2, -0.15) is 5.26 Å². The highest BCUT2D eigenvalue weighted by Gasteiger charge is 2.51. The molecule has 10 heteroatoms. The Morgan fingerprint density at radius 1 is 1.29 bits per heavy atom. The number of aliphatic hydroxyl groups is 1. The standard InChI is InChI=1S/C21H20N2O7S/c1-28-18(25)11-29-16-4-2-3-14-19-17(30-21(14)16)9-15(24)20(19)23-31(26,27)13-7-5-12(10-22)6-8-13/h2-8,15,17,19-20,23-24H,9,11H2,1H3. The van der Waals surface area contributed by atoms with Gasteiger partial charge in [0.05, 0.1) is 35.8 Å². The van der Waals surface area contributed by atoms with Gasteiger partial charge in [-0.15, -0.1) is 0 Å². The number of para-hydroxylation sites is 1. The number of carbonyl (C=O) groups excluding carboxylic acids is 1. The van der Waals surface area contributed by atoms with Gasteiger partial charge in [-0.3, -0.25) is 0 Å². The van der Waals surface area contributed by atoms with Crippen LogP contribution in [0.15, 0.2) is 47.4 Å². The highest BCUT2D eigenvalue weighted by Crippen LogP contribution is 2.51. The van der Waals surface area contributed by atoms with Gasteiger partial charge in [0, 0.05) is 17.9 Å². The third-order valence-electron chi connectivity index (χ3n) is 5.47. The van der Waals surface area contributed by atoms with E-state index in [1.807, 2.05) is 6.07 Å². The van der Waals surface area contributed by atoms with Crippen LogP contribution in [0.3, 0.4) is 0 Å². The number of ether oxygens (including phenoxy) is 3. The lowest BCUT2D eigenvalue weighted by atomic mass is 9.94. The number of esters is 1. The van der Waals surface area contributed by atoms with Crippen LogP contribution in [0.5, 0.6) is 11.5 Å². The SMILES string of the molecule is COC(=O)COc1cccc2c1OC1CC(O)C(NS(=O)(=O)c3ccc(C#N)cc3)C21. The zero-order valence-corrected chi connectivity index (χ0v) is 17.3. The summed E-state index contributed by atoms with van der Waals surface area (Å²) in [6, 6.07) is 11.8. The first-order valence-corrected chi connectivity index (χ1v) is 11.0. The lowest BCUT2D eigenvalue weighted by Crippen LogP contribution is -2.43. The fraction of sp³-hybridized carbons (Fsp3) is 0.333. The summed E-state index contributed by atoms with van der Waals surface area (Å²) in [5.74, 6) is -0.199. The smallest absolute Gasteiger partial charge is 0.343 e. The molecular weight excluding hydrogens is 424 g/mol. The molecule has 162 valence electrons. The van der Waals surface area contributed by atoms with Crippen molar-refractivity contribution in [3.8, 4) is 17.6 Å². The second-order valence-electron chi connectivity index (χ2n) is 7.31. The van der Waals surface area contributed by atoms with Crippen molar-refractivity contribution >= 4 is 16.0 Å². The van der Waals surface area contributed by atoms with Crippen molar-refractivity contribution < 1.29 is 32.5 Å². The maximum atomic E-state index is 12.9. The maximum absolute atomic E-state index is 12.9. The third kappa shape index (κ3) is 3.95. The predicted octanol–water partition coefficient (Wildman–Crippen LogP) is 1.07. The Morgan fingerprint density at radius 2 is 2.03 bits per heavy atom. The van der Waals surface area contributed by atoms with E-state index in [1.165, 1.54) is 31.4 Å². The number of rotatable bonds is 6. The molecule has 1 aliphatic carbocycles. The van der Waals surface area contributed by atoms with Crippen LogP contribution in [-0.2, 0) is 19.6 Å². The molecule has 2 aromatic carbocycles. The van der Waals surface area contributed by atoms with Crippen LogP contribution >= 0.6 is 0 Å². The number of hydrogen-bond acceptors (Lipinski definition) is 8. The monoisotopic (exact) mass is 444 g/mol. The molecule has 0 amide bonds. The van der Waals surface area contributed by atoms with Gasteiger partial charge in [-0.1, -0.05) is 12.1 Å². The van der Waals surface area contributed by atoms with Crippen LogP contribution in [0.1, 0.15) is 23.5 Å². The van der Waals surface area contributed by atoms with E-state index in [1.54, 1.807) is 18.2 Å². The van der Waals surface area contributed by atoms with Crippen molar-refractivity contribution in [3.05, 3.63) is 53.6 Å². The molecule has 1 fully saturated rings. The highest BCUT2D eigenvalue weighted by atomic mass is 32.2. The van der Waals surface area contributed by atoms with E-state index >= 15 is 0 Å². The van der Waals surface area contributed by atoms with Crippen LogP contribution in [0.4, 0.5) is 0 Å². The molecule has 0 saturated heterocycles. The van der Waals surface area contributed by atoms with E-state index < -0.39 is 40.2 Å². The largest absolute Gasteiger partial charge is 0.485 e. The normalized spacial score (nSPS) is 23.9. The Kier molecular flexibility index (Phi) is 5.58. The lowest BCUT2D eigenvalue weighted by Gasteiger charge is -2.22. The molecule has 0 aromatic heterocycles. The van der Waals surface area contributed by atoms with Gasteiger partial charge in [-0.05, 0) is 30.3 Å². The molecule has 0 radical (unpaired) electrons. The molecule has 0 bridgehead atoms. The van der Waals surface area contributed by atoms with E-state index in [4.69, 9.17) is 14.7 Å². The number of sulfonamides is 1. The molecular formula is C21H20N2O7S. The highest BCUT2D eigenvalue weighted by molar-refractivity contribution is 7.89. The summed E-state index contributed by atoms with van der Waals surface area (Å²) in [7, 11) is -2.69. The van der Waals surface area contributed by atoms with Crippen molar-refractivity contribution in [3.63, 3.8) is 0 Å². The fourth-order valence-corrected chi connectivity index (χ4v) is 5.30. The number of hydrogen-bond donors (Lipinski definition) is 2. The van der Waals surface area contributed by atoms with Gasteiger partial charge in [-0.25, -0.2) is 17.9 Å². The van der Waals surface area contributed by atoms with Crippen LogP contribution in [0.2, 0.25) is 0 Å². The summed E-state index contributed by atoms with van der Waals surface area (Å²) in [5, 5.41) is 19.4. The average molecular weight is 444 g/mol. The first kappa shape index (κ1) is 21.1. The maximum Gasteiger partial charge on any atom is 0.343 e. The molecule has 0 spiro atoms. The number of nitrogens with one attached hydrogen (secondary N) is 1. The summed E-state index contributed by atoms with van der Waals surface area (Å²) in [6.07, 6.45) is -1.16. The summed E-state index contributed by atoms with van der Waals surface area (Å²) in [4.78, 5) is 11.4. The third-order valence-corrected chi connectivity index (χ3v) is 6.95. The lowest BCUT2D eigenvalue weighted by molar-refractivity contribution is -0.142. The van der Waals surface area contributed by atoms with Crippen LogP contribution in [0, 0.1) is 11.3 Å². The summed E-state index contributed by atoms with van der Waals surface area (Å²) in [6.45, 7) is -0.289. The molecule has 31 heavy (non-hydrogen) atoms. The van der Waals surface area contributed by atoms with E-state index in [2.05, 4.69) is 9.46 Å². The molecule has 1 aliphatic heterocycles.